The van der Waals surface area contributed by atoms with E-state index in [1.807, 2.05) is 0 Å². The zero-order chi connectivity index (χ0) is 26.8. The molecule has 1 aromatic heterocycles. The van der Waals surface area contributed by atoms with Crippen LogP contribution in [0.2, 0.25) is 0 Å². The molecule has 2 aromatic carbocycles. The fourth-order valence-electron chi connectivity index (χ4n) is 3.65. The topological polar surface area (TPSA) is 160 Å². The lowest BCUT2D eigenvalue weighted by Gasteiger charge is -2.24. The smallest absolute Gasteiger partial charge is 0.463 e. The highest BCUT2D eigenvalue weighted by molar-refractivity contribution is 6.00. The summed E-state index contributed by atoms with van der Waals surface area (Å²) in [6.07, 6.45) is -1.96. The summed E-state index contributed by atoms with van der Waals surface area (Å²) in [4.78, 5) is 32.3. The number of aromatic nitrogens is 2. The minimum Gasteiger partial charge on any atom is -0.463 e. The predicted octanol–water partition coefficient (Wildman–Crippen LogP) is 2.90. The number of hydrazine groups is 1. The lowest BCUT2D eigenvalue weighted by atomic mass is 10.0. The first-order valence-electron chi connectivity index (χ1n) is 11.0. The number of primary amides is 1. The molecular formula is C24H23F3N6O4. The summed E-state index contributed by atoms with van der Waals surface area (Å²) in [5.41, 5.74) is 12.3. The minimum atomic E-state index is -4.79. The van der Waals surface area contributed by atoms with Gasteiger partial charge in [0, 0.05) is 23.8 Å². The van der Waals surface area contributed by atoms with Crippen LogP contribution in [0.3, 0.4) is 0 Å². The number of hydrogen-bond donors (Lipinski definition) is 3. The molecule has 2 amide bonds. The van der Waals surface area contributed by atoms with Gasteiger partial charge in [0.1, 0.15) is 11.4 Å². The Morgan fingerprint density at radius 1 is 1.05 bits per heavy atom. The molecule has 1 heterocycles. The van der Waals surface area contributed by atoms with Crippen LogP contribution in [0.4, 0.5) is 18.9 Å². The molecule has 0 atom stereocenters. The first-order chi connectivity index (χ1) is 17.4. The SMILES string of the molecule is NC(=O)c1ccnc(OCC2(CN(N)C(=O)c3cc(-c4ccc(OC(F)(F)F)cc4)ccc3N)CC2)n1. The van der Waals surface area contributed by atoms with Gasteiger partial charge in [0.15, 0.2) is 0 Å². The molecule has 1 aliphatic rings. The number of halogens is 3. The highest BCUT2D eigenvalue weighted by atomic mass is 19.4. The Bertz CT molecular complexity index is 1310. The monoisotopic (exact) mass is 516 g/mol. The highest BCUT2D eigenvalue weighted by Gasteiger charge is 2.46. The van der Waals surface area contributed by atoms with E-state index in [1.165, 1.54) is 48.7 Å². The molecule has 1 saturated carbocycles. The molecule has 3 aromatic rings. The van der Waals surface area contributed by atoms with E-state index in [0.717, 1.165) is 17.9 Å². The Hall–Kier alpha value is -4.39. The predicted molar refractivity (Wildman–Crippen MR) is 126 cm³/mol. The van der Waals surface area contributed by atoms with Crippen LogP contribution in [-0.2, 0) is 0 Å². The summed E-state index contributed by atoms with van der Waals surface area (Å²) >= 11 is 0. The molecule has 0 aliphatic heterocycles. The maximum atomic E-state index is 13.1. The van der Waals surface area contributed by atoms with Gasteiger partial charge in [0.05, 0.1) is 12.2 Å². The van der Waals surface area contributed by atoms with E-state index < -0.39 is 23.6 Å². The van der Waals surface area contributed by atoms with Crippen LogP contribution in [-0.4, -0.2) is 46.3 Å². The molecule has 6 N–H and O–H groups in total. The van der Waals surface area contributed by atoms with Gasteiger partial charge in [-0.2, -0.15) is 4.98 Å². The molecule has 0 unspecified atom stereocenters. The quantitative estimate of drug-likeness (QED) is 0.169. The normalized spacial score (nSPS) is 14.1. The van der Waals surface area contributed by atoms with Gasteiger partial charge in [-0.3, -0.25) is 14.6 Å². The van der Waals surface area contributed by atoms with Crippen molar-refractivity contribution in [1.29, 1.82) is 0 Å². The molecule has 1 aliphatic carbocycles. The van der Waals surface area contributed by atoms with Crippen molar-refractivity contribution in [2.75, 3.05) is 18.9 Å². The maximum Gasteiger partial charge on any atom is 0.573 e. The van der Waals surface area contributed by atoms with E-state index >= 15 is 0 Å². The molecule has 10 nitrogen and oxygen atoms in total. The zero-order valence-corrected chi connectivity index (χ0v) is 19.4. The van der Waals surface area contributed by atoms with E-state index in [9.17, 15) is 22.8 Å². The fraction of sp³-hybridized carbons (Fsp3) is 0.250. The molecular weight excluding hydrogens is 493 g/mol. The van der Waals surface area contributed by atoms with E-state index in [2.05, 4.69) is 14.7 Å². The highest BCUT2D eigenvalue weighted by Crippen LogP contribution is 2.46. The van der Waals surface area contributed by atoms with Gasteiger partial charge in [-0.15, -0.1) is 13.2 Å². The van der Waals surface area contributed by atoms with Gasteiger partial charge < -0.3 is 20.9 Å². The van der Waals surface area contributed by atoms with Crippen molar-refractivity contribution in [3.63, 3.8) is 0 Å². The minimum absolute atomic E-state index is 0.0129. The van der Waals surface area contributed by atoms with Crippen molar-refractivity contribution in [2.24, 2.45) is 17.0 Å². The van der Waals surface area contributed by atoms with Crippen LogP contribution >= 0.6 is 0 Å². The molecule has 13 heteroatoms. The van der Waals surface area contributed by atoms with Crippen LogP contribution < -0.4 is 26.8 Å². The van der Waals surface area contributed by atoms with Gasteiger partial charge in [-0.05, 0) is 54.3 Å². The van der Waals surface area contributed by atoms with E-state index in [4.69, 9.17) is 22.0 Å². The Kier molecular flexibility index (Phi) is 6.90. The van der Waals surface area contributed by atoms with Crippen LogP contribution in [0, 0.1) is 5.41 Å². The number of benzene rings is 2. The summed E-state index contributed by atoms with van der Waals surface area (Å²) in [7, 11) is 0. The second kappa shape index (κ2) is 9.93. The van der Waals surface area contributed by atoms with Gasteiger partial charge in [-0.1, -0.05) is 18.2 Å². The summed E-state index contributed by atoms with van der Waals surface area (Å²) < 4.78 is 46.7. The second-order valence-electron chi connectivity index (χ2n) is 8.68. The number of nitrogen functional groups attached to an aromatic ring is 1. The van der Waals surface area contributed by atoms with Crippen molar-refractivity contribution >= 4 is 17.5 Å². The first-order valence-corrected chi connectivity index (χ1v) is 11.0. The van der Waals surface area contributed by atoms with Crippen molar-refractivity contribution in [3.05, 3.63) is 66.0 Å². The number of ether oxygens (including phenoxy) is 2. The average molecular weight is 516 g/mol. The lowest BCUT2D eigenvalue weighted by Crippen LogP contribution is -2.43. The largest absolute Gasteiger partial charge is 0.573 e. The second-order valence-corrected chi connectivity index (χ2v) is 8.68. The van der Waals surface area contributed by atoms with E-state index in [0.29, 0.717) is 11.1 Å². The fourth-order valence-corrected chi connectivity index (χ4v) is 3.65. The third-order valence-electron chi connectivity index (χ3n) is 5.82. The van der Waals surface area contributed by atoms with Crippen LogP contribution in [0.1, 0.15) is 33.7 Å². The summed E-state index contributed by atoms with van der Waals surface area (Å²) in [5, 5.41) is 1.05. The Balaban J connectivity index is 1.43. The number of nitrogens with zero attached hydrogens (tertiary/aromatic N) is 3. The zero-order valence-electron chi connectivity index (χ0n) is 19.4. The molecule has 37 heavy (non-hydrogen) atoms. The molecule has 0 saturated heterocycles. The van der Waals surface area contributed by atoms with Gasteiger partial charge in [0.25, 0.3) is 11.8 Å². The molecule has 0 radical (unpaired) electrons. The Morgan fingerprint density at radius 3 is 2.35 bits per heavy atom. The van der Waals surface area contributed by atoms with Gasteiger partial charge >= 0.3 is 12.4 Å². The van der Waals surface area contributed by atoms with Crippen molar-refractivity contribution in [1.82, 2.24) is 15.0 Å². The maximum absolute atomic E-state index is 13.1. The van der Waals surface area contributed by atoms with Gasteiger partial charge in [-0.25, -0.2) is 10.8 Å². The van der Waals surface area contributed by atoms with E-state index in [-0.39, 0.29) is 41.9 Å². The number of nitrogens with two attached hydrogens (primary N) is 3. The molecule has 194 valence electrons. The number of alkyl halides is 3. The third-order valence-corrected chi connectivity index (χ3v) is 5.82. The summed E-state index contributed by atoms with van der Waals surface area (Å²) in [5.74, 6) is 4.50. The van der Waals surface area contributed by atoms with Crippen molar-refractivity contribution < 1.29 is 32.2 Å². The van der Waals surface area contributed by atoms with Crippen LogP contribution in [0.25, 0.3) is 11.1 Å². The number of hydrogen-bond acceptors (Lipinski definition) is 8. The number of rotatable bonds is 9. The van der Waals surface area contributed by atoms with Gasteiger partial charge in [0.2, 0.25) is 0 Å². The number of anilines is 1. The molecule has 1 fully saturated rings. The number of carbonyl (C=O) groups is 2. The van der Waals surface area contributed by atoms with Crippen LogP contribution in [0.5, 0.6) is 11.8 Å². The van der Waals surface area contributed by atoms with Crippen LogP contribution in [0.15, 0.2) is 54.7 Å². The van der Waals surface area contributed by atoms with Crippen molar-refractivity contribution in [2.45, 2.75) is 19.2 Å². The number of carbonyl (C=O) groups excluding carboxylic acids is 2. The molecule has 0 bridgehead atoms. The number of amides is 2. The average Bonchev–Trinajstić information content (AvgIpc) is 3.62. The van der Waals surface area contributed by atoms with E-state index in [1.54, 1.807) is 6.07 Å². The summed E-state index contributed by atoms with van der Waals surface area (Å²) in [6.45, 7) is 0.326. The van der Waals surface area contributed by atoms with Crippen molar-refractivity contribution in [3.8, 4) is 22.9 Å². The summed E-state index contributed by atoms with van der Waals surface area (Å²) in [6, 6.07) is 11.3. The standard InChI is InChI=1S/C24H23F3N6O4/c25-24(26,27)37-16-4-1-14(2-5-16)15-3-6-18(28)17(11-15)21(35)33(30)12-23(8-9-23)13-36-22-31-10-7-19(32-22)20(29)34/h1-7,10-11H,8-9,12-13,28,30H2,(H2,29,34). The first kappa shape index (κ1) is 25.7. The lowest BCUT2D eigenvalue weighted by molar-refractivity contribution is -0.274. The Morgan fingerprint density at radius 2 is 1.73 bits per heavy atom. The molecule has 4 rings (SSSR count). The third kappa shape index (κ3) is 6.44. The Labute approximate surface area is 209 Å². The molecule has 0 spiro atoms.